The summed E-state index contributed by atoms with van der Waals surface area (Å²) in [4.78, 5) is 27.5. The lowest BCUT2D eigenvalue weighted by Crippen LogP contribution is -2.49. The largest absolute Gasteiger partial charge is 0.387 e. The SMILES string of the molecule is CCCCCC(O)(CCCCC)[C@H](NC(=O)CC(=O)N[C@H](c1ccccc1C)C(O)(CCCCC)CCCCC)c1ccccc1C. The van der Waals surface area contributed by atoms with Crippen molar-refractivity contribution in [2.24, 2.45) is 0 Å². The van der Waals surface area contributed by atoms with Crippen molar-refractivity contribution in [1.82, 2.24) is 10.6 Å². The number of amides is 2. The highest BCUT2D eigenvalue weighted by Gasteiger charge is 2.41. The number of hydrogen-bond donors (Lipinski definition) is 4. The molecule has 0 aliphatic carbocycles. The summed E-state index contributed by atoms with van der Waals surface area (Å²) >= 11 is 0. The average molecular weight is 651 g/mol. The van der Waals surface area contributed by atoms with E-state index in [0.29, 0.717) is 25.7 Å². The van der Waals surface area contributed by atoms with Crippen LogP contribution in [0, 0.1) is 13.8 Å². The summed E-state index contributed by atoms with van der Waals surface area (Å²) in [6.45, 7) is 12.6. The van der Waals surface area contributed by atoms with E-state index >= 15 is 0 Å². The number of carbonyl (C=O) groups is 2. The Morgan fingerprint density at radius 3 is 1.13 bits per heavy atom. The Kier molecular flexibility index (Phi) is 18.3. The molecule has 0 fully saturated rings. The van der Waals surface area contributed by atoms with Crippen molar-refractivity contribution < 1.29 is 19.8 Å². The molecule has 0 aliphatic rings. The highest BCUT2D eigenvalue weighted by Crippen LogP contribution is 2.38. The first-order chi connectivity index (χ1) is 22.5. The first-order valence-corrected chi connectivity index (χ1v) is 18.7. The van der Waals surface area contributed by atoms with Crippen LogP contribution in [0.15, 0.2) is 48.5 Å². The van der Waals surface area contributed by atoms with Crippen molar-refractivity contribution in [2.45, 2.75) is 174 Å². The smallest absolute Gasteiger partial charge is 0.230 e. The quantitative estimate of drug-likeness (QED) is 0.0672. The number of carbonyl (C=O) groups excluding carboxylic acids is 2. The van der Waals surface area contributed by atoms with Gasteiger partial charge in [0.1, 0.15) is 6.42 Å². The molecule has 2 atom stereocenters. The predicted molar refractivity (Wildman–Crippen MR) is 195 cm³/mol. The number of rotatable bonds is 24. The summed E-state index contributed by atoms with van der Waals surface area (Å²) in [5, 5.41) is 30.8. The van der Waals surface area contributed by atoms with Crippen LogP contribution >= 0.6 is 0 Å². The second-order valence-corrected chi connectivity index (χ2v) is 13.9. The minimum Gasteiger partial charge on any atom is -0.387 e. The van der Waals surface area contributed by atoms with Crippen LogP contribution in [0.4, 0.5) is 0 Å². The van der Waals surface area contributed by atoms with Gasteiger partial charge in [0.05, 0.1) is 23.3 Å². The van der Waals surface area contributed by atoms with Crippen LogP contribution in [0.2, 0.25) is 0 Å². The van der Waals surface area contributed by atoms with E-state index in [9.17, 15) is 19.8 Å². The molecular weight excluding hydrogens is 584 g/mol. The number of aryl methyl sites for hydroxylation is 2. The maximum atomic E-state index is 13.8. The van der Waals surface area contributed by atoms with Gasteiger partial charge in [-0.2, -0.15) is 0 Å². The molecular formula is C41H66N2O4. The number of benzene rings is 2. The van der Waals surface area contributed by atoms with Crippen LogP contribution in [-0.4, -0.2) is 33.2 Å². The van der Waals surface area contributed by atoms with E-state index in [1.165, 1.54) is 0 Å². The highest BCUT2D eigenvalue weighted by molar-refractivity contribution is 5.97. The molecule has 0 aromatic heterocycles. The second-order valence-electron chi connectivity index (χ2n) is 13.9. The van der Waals surface area contributed by atoms with Crippen LogP contribution in [0.25, 0.3) is 0 Å². The number of unbranched alkanes of at least 4 members (excludes halogenated alkanes) is 8. The van der Waals surface area contributed by atoms with Gasteiger partial charge in [0.25, 0.3) is 0 Å². The minimum atomic E-state index is -1.13. The molecule has 0 radical (unpaired) electrons. The highest BCUT2D eigenvalue weighted by atomic mass is 16.3. The fourth-order valence-electron chi connectivity index (χ4n) is 6.95. The lowest BCUT2D eigenvalue weighted by molar-refractivity contribution is -0.133. The van der Waals surface area contributed by atoms with E-state index < -0.39 is 35.1 Å². The van der Waals surface area contributed by atoms with Gasteiger partial charge in [0.2, 0.25) is 11.8 Å². The molecule has 0 heterocycles. The van der Waals surface area contributed by atoms with Crippen LogP contribution in [0.3, 0.4) is 0 Å². The van der Waals surface area contributed by atoms with Crippen molar-refractivity contribution >= 4 is 11.8 Å². The molecule has 0 unspecified atom stereocenters. The topological polar surface area (TPSA) is 98.7 Å². The van der Waals surface area contributed by atoms with Crippen molar-refractivity contribution in [3.05, 3.63) is 70.8 Å². The van der Waals surface area contributed by atoms with E-state index in [0.717, 1.165) is 99.3 Å². The van der Waals surface area contributed by atoms with Crippen LogP contribution in [0.1, 0.15) is 171 Å². The molecule has 2 aromatic rings. The molecule has 2 aromatic carbocycles. The van der Waals surface area contributed by atoms with Crippen LogP contribution in [-0.2, 0) is 9.59 Å². The van der Waals surface area contributed by atoms with Crippen molar-refractivity contribution in [3.8, 4) is 0 Å². The summed E-state index contributed by atoms with van der Waals surface area (Å²) in [6, 6.07) is 14.5. The lowest BCUT2D eigenvalue weighted by Gasteiger charge is -2.39. The second kappa shape index (κ2) is 21.3. The zero-order valence-electron chi connectivity index (χ0n) is 30.5. The van der Waals surface area contributed by atoms with Crippen LogP contribution in [0.5, 0.6) is 0 Å². The third-order valence-corrected chi connectivity index (χ3v) is 9.86. The van der Waals surface area contributed by atoms with Gasteiger partial charge in [0, 0.05) is 0 Å². The van der Waals surface area contributed by atoms with Gasteiger partial charge in [-0.15, -0.1) is 0 Å². The molecule has 47 heavy (non-hydrogen) atoms. The van der Waals surface area contributed by atoms with E-state index in [1.807, 2.05) is 62.4 Å². The van der Waals surface area contributed by atoms with Gasteiger partial charge < -0.3 is 20.8 Å². The molecule has 0 saturated heterocycles. The Morgan fingerprint density at radius 2 is 0.851 bits per heavy atom. The Morgan fingerprint density at radius 1 is 0.553 bits per heavy atom. The van der Waals surface area contributed by atoms with E-state index in [2.05, 4.69) is 38.3 Å². The Hall–Kier alpha value is -2.70. The number of hydrogen-bond acceptors (Lipinski definition) is 4. The van der Waals surface area contributed by atoms with Crippen molar-refractivity contribution in [3.63, 3.8) is 0 Å². The molecule has 0 saturated carbocycles. The summed E-state index contributed by atoms with van der Waals surface area (Å²) in [7, 11) is 0. The van der Waals surface area contributed by atoms with E-state index in [4.69, 9.17) is 0 Å². The predicted octanol–water partition coefficient (Wildman–Crippen LogP) is 9.49. The zero-order chi connectivity index (χ0) is 34.7. The first kappa shape index (κ1) is 40.5. The normalized spacial score (nSPS) is 13.3. The summed E-state index contributed by atoms with van der Waals surface area (Å²) in [6.07, 6.45) is 13.6. The average Bonchev–Trinajstić information content (AvgIpc) is 3.04. The molecule has 4 N–H and O–H groups in total. The molecule has 6 heteroatoms. The zero-order valence-corrected chi connectivity index (χ0v) is 30.5. The molecule has 0 aliphatic heterocycles. The van der Waals surface area contributed by atoms with Crippen molar-refractivity contribution in [1.29, 1.82) is 0 Å². The molecule has 6 nitrogen and oxygen atoms in total. The molecule has 0 spiro atoms. The van der Waals surface area contributed by atoms with Gasteiger partial charge in [-0.3, -0.25) is 9.59 Å². The maximum absolute atomic E-state index is 13.8. The van der Waals surface area contributed by atoms with E-state index in [1.54, 1.807) is 0 Å². The van der Waals surface area contributed by atoms with Gasteiger partial charge >= 0.3 is 0 Å². The van der Waals surface area contributed by atoms with Gasteiger partial charge in [-0.1, -0.05) is 153 Å². The maximum Gasteiger partial charge on any atom is 0.230 e. The first-order valence-electron chi connectivity index (χ1n) is 18.7. The third kappa shape index (κ3) is 13.0. The lowest BCUT2D eigenvalue weighted by atomic mass is 9.78. The minimum absolute atomic E-state index is 0.384. The number of aliphatic hydroxyl groups is 2. The molecule has 264 valence electrons. The fraction of sp³-hybridized carbons (Fsp3) is 0.659. The Balaban J connectivity index is 2.40. The fourth-order valence-corrected chi connectivity index (χ4v) is 6.95. The standard InChI is InChI=1S/C41H66N2O4/c1-7-11-19-27-40(46,28-20-12-8-2)38(34-25-17-15-23-32(34)5)42-36(44)31-37(45)43-39(35-26-18-16-24-33(35)6)41(47,29-21-13-9-3)30-22-14-10-4/h15-18,23-26,38-39,46-47H,7-14,19-22,27-31H2,1-6H3,(H,42,44)(H,43,45)/t38-,39-/m1/s1. The summed E-state index contributed by atoms with van der Waals surface area (Å²) in [5.74, 6) is -0.853. The van der Waals surface area contributed by atoms with Crippen LogP contribution < -0.4 is 10.6 Å². The van der Waals surface area contributed by atoms with Gasteiger partial charge in [-0.25, -0.2) is 0 Å². The van der Waals surface area contributed by atoms with Gasteiger partial charge in [-0.05, 0) is 61.8 Å². The molecule has 2 rings (SSSR count). The van der Waals surface area contributed by atoms with E-state index in [-0.39, 0.29) is 6.42 Å². The van der Waals surface area contributed by atoms with Gasteiger partial charge in [0.15, 0.2) is 0 Å². The summed E-state index contributed by atoms with van der Waals surface area (Å²) < 4.78 is 0. The monoisotopic (exact) mass is 651 g/mol. The summed E-state index contributed by atoms with van der Waals surface area (Å²) in [5.41, 5.74) is 1.49. The Bertz CT molecular complexity index is 1080. The number of nitrogens with one attached hydrogen (secondary N) is 2. The van der Waals surface area contributed by atoms with Crippen molar-refractivity contribution in [2.75, 3.05) is 0 Å². The molecule has 0 bridgehead atoms. The Labute approximate surface area is 286 Å². The molecule has 2 amide bonds. The third-order valence-electron chi connectivity index (χ3n) is 9.86.